The molecule has 4 unspecified atom stereocenters. The van der Waals surface area contributed by atoms with Gasteiger partial charge in [-0.2, -0.15) is 0 Å². The van der Waals surface area contributed by atoms with E-state index in [0.717, 1.165) is 23.7 Å². The number of hydrogen-bond acceptors (Lipinski definition) is 5. The number of aliphatic hydroxyl groups is 1. The van der Waals surface area contributed by atoms with Gasteiger partial charge >= 0.3 is 0 Å². The van der Waals surface area contributed by atoms with Crippen molar-refractivity contribution in [1.29, 1.82) is 0 Å². The minimum atomic E-state index is -0.267. The Morgan fingerprint density at radius 3 is 2.76 bits per heavy atom. The molecule has 0 aliphatic carbocycles. The molecule has 3 N–H and O–H groups in total. The highest BCUT2D eigenvalue weighted by Crippen LogP contribution is 2.37. The number of nitrogens with zero attached hydrogens (tertiary/aromatic N) is 2. The molecule has 4 atom stereocenters. The zero-order chi connectivity index (χ0) is 15.6. The van der Waals surface area contributed by atoms with E-state index in [1.807, 2.05) is 6.07 Å². The highest BCUT2D eigenvalue weighted by atomic mass is 35.5. The normalized spacial score (nSPS) is 26.4. The minimum absolute atomic E-state index is 0.0506. The second kappa shape index (κ2) is 7.40. The second-order valence-electron chi connectivity index (χ2n) is 6.16. The van der Waals surface area contributed by atoms with Gasteiger partial charge in [0.05, 0.1) is 16.5 Å². The van der Waals surface area contributed by atoms with Gasteiger partial charge in [0.25, 0.3) is 0 Å². The first-order chi connectivity index (χ1) is 9.92. The molecule has 0 bridgehead atoms. The molecular formula is C15H26ClN3OS. The van der Waals surface area contributed by atoms with E-state index < -0.39 is 0 Å². The summed E-state index contributed by atoms with van der Waals surface area (Å²) in [6.07, 6.45) is 1.45. The number of likely N-dealkylation sites (N-methyl/N-ethyl adjacent to an activating group) is 1. The summed E-state index contributed by atoms with van der Waals surface area (Å²) in [6.45, 7) is 3.73. The summed E-state index contributed by atoms with van der Waals surface area (Å²) in [5, 5.41) is 10.1. The number of likely N-dealkylation sites (tertiary alicyclic amines) is 1. The molecule has 2 rings (SSSR count). The van der Waals surface area contributed by atoms with E-state index in [9.17, 15) is 5.11 Å². The van der Waals surface area contributed by atoms with Crippen LogP contribution in [0.5, 0.6) is 0 Å². The number of thiophene rings is 1. The van der Waals surface area contributed by atoms with Crippen LogP contribution in [0.2, 0.25) is 4.34 Å². The molecule has 1 aromatic heterocycles. The van der Waals surface area contributed by atoms with E-state index in [0.29, 0.717) is 12.6 Å². The molecule has 6 heteroatoms. The van der Waals surface area contributed by atoms with Crippen molar-refractivity contribution in [2.45, 2.75) is 44.0 Å². The molecule has 21 heavy (non-hydrogen) atoms. The van der Waals surface area contributed by atoms with Crippen molar-refractivity contribution in [3.8, 4) is 0 Å². The van der Waals surface area contributed by atoms with Gasteiger partial charge in [0, 0.05) is 30.1 Å². The lowest BCUT2D eigenvalue weighted by Gasteiger charge is -2.36. The lowest BCUT2D eigenvalue weighted by molar-refractivity contribution is 0.121. The van der Waals surface area contributed by atoms with Gasteiger partial charge in [-0.3, -0.25) is 4.90 Å². The highest BCUT2D eigenvalue weighted by molar-refractivity contribution is 7.16. The van der Waals surface area contributed by atoms with Gasteiger partial charge in [0.1, 0.15) is 0 Å². The zero-order valence-corrected chi connectivity index (χ0v) is 14.6. The van der Waals surface area contributed by atoms with Gasteiger partial charge in [-0.05, 0) is 39.1 Å². The molecular weight excluding hydrogens is 306 g/mol. The predicted molar refractivity (Wildman–Crippen MR) is 90.0 cm³/mol. The van der Waals surface area contributed by atoms with Crippen molar-refractivity contribution in [3.05, 3.63) is 21.3 Å². The molecule has 1 fully saturated rings. The summed E-state index contributed by atoms with van der Waals surface area (Å²) in [6, 6.07) is 4.53. The monoisotopic (exact) mass is 331 g/mol. The van der Waals surface area contributed by atoms with Gasteiger partial charge in [-0.1, -0.05) is 18.5 Å². The Kier molecular flexibility index (Phi) is 6.05. The average Bonchev–Trinajstić information content (AvgIpc) is 2.96. The molecule has 120 valence electrons. The first-order valence-electron chi connectivity index (χ1n) is 7.51. The summed E-state index contributed by atoms with van der Waals surface area (Å²) in [4.78, 5) is 5.75. The molecule has 4 nitrogen and oxygen atoms in total. The third-order valence-corrected chi connectivity index (χ3v) is 5.43. The molecule has 1 aromatic rings. The maximum Gasteiger partial charge on any atom is 0.0931 e. The van der Waals surface area contributed by atoms with Gasteiger partial charge in [0.15, 0.2) is 0 Å². The van der Waals surface area contributed by atoms with Crippen LogP contribution in [-0.4, -0.2) is 60.3 Å². The van der Waals surface area contributed by atoms with Crippen LogP contribution >= 0.6 is 22.9 Å². The Hall–Kier alpha value is -0.170. The van der Waals surface area contributed by atoms with Gasteiger partial charge in [-0.25, -0.2) is 0 Å². The molecule has 0 amide bonds. The SMILES string of the molecule is CCC(N)C(c1ccc(Cl)s1)N1CC(O)CC1CN(C)C. The highest BCUT2D eigenvalue weighted by Gasteiger charge is 2.39. The van der Waals surface area contributed by atoms with Crippen molar-refractivity contribution in [2.24, 2.45) is 5.73 Å². The van der Waals surface area contributed by atoms with Crippen LogP contribution in [0.1, 0.15) is 30.7 Å². The molecule has 0 spiro atoms. The quantitative estimate of drug-likeness (QED) is 0.839. The van der Waals surface area contributed by atoms with E-state index >= 15 is 0 Å². The summed E-state index contributed by atoms with van der Waals surface area (Å²) < 4.78 is 0.794. The van der Waals surface area contributed by atoms with Crippen molar-refractivity contribution >= 4 is 22.9 Å². The number of β-amino-alcohol motifs (C(OH)–C–C–N with tert-alkyl or cyclic N) is 1. The number of hydrogen-bond donors (Lipinski definition) is 2. The van der Waals surface area contributed by atoms with Gasteiger partial charge < -0.3 is 15.7 Å². The van der Waals surface area contributed by atoms with Crippen LogP contribution in [0.25, 0.3) is 0 Å². The smallest absolute Gasteiger partial charge is 0.0931 e. The topological polar surface area (TPSA) is 52.7 Å². The third kappa shape index (κ3) is 4.18. The maximum atomic E-state index is 10.1. The number of rotatable bonds is 6. The molecule has 1 saturated heterocycles. The fraction of sp³-hybridized carbons (Fsp3) is 0.733. The largest absolute Gasteiger partial charge is 0.392 e. The Bertz CT molecular complexity index is 454. The molecule has 1 aliphatic heterocycles. The van der Waals surface area contributed by atoms with Crippen LogP contribution in [0.4, 0.5) is 0 Å². The number of halogens is 1. The van der Waals surface area contributed by atoms with Crippen LogP contribution in [0.15, 0.2) is 12.1 Å². The molecule has 2 heterocycles. The molecule has 0 saturated carbocycles. The van der Waals surface area contributed by atoms with Crippen LogP contribution in [-0.2, 0) is 0 Å². The van der Waals surface area contributed by atoms with Gasteiger partial charge in [0.2, 0.25) is 0 Å². The first kappa shape index (κ1) is 17.2. The van der Waals surface area contributed by atoms with E-state index in [1.165, 1.54) is 4.88 Å². The lowest BCUT2D eigenvalue weighted by atomic mass is 10.0. The number of nitrogens with two attached hydrogens (primary N) is 1. The van der Waals surface area contributed by atoms with Crippen molar-refractivity contribution in [3.63, 3.8) is 0 Å². The molecule has 0 radical (unpaired) electrons. The summed E-state index contributed by atoms with van der Waals surface area (Å²) in [5.74, 6) is 0. The van der Waals surface area contributed by atoms with Crippen molar-refractivity contribution in [1.82, 2.24) is 9.80 Å². The van der Waals surface area contributed by atoms with E-state index in [2.05, 4.69) is 36.9 Å². The molecule has 0 aromatic carbocycles. The summed E-state index contributed by atoms with van der Waals surface area (Å²) in [7, 11) is 4.14. The van der Waals surface area contributed by atoms with Crippen LogP contribution in [0, 0.1) is 0 Å². The predicted octanol–water partition coefficient (Wildman–Crippen LogP) is 2.18. The Morgan fingerprint density at radius 1 is 1.52 bits per heavy atom. The number of aliphatic hydroxyl groups excluding tert-OH is 1. The standard InChI is InChI=1S/C15H26ClN3OS/c1-4-12(17)15(13-5-6-14(16)21-13)19-9-11(20)7-10(19)8-18(2)3/h5-6,10-12,15,20H,4,7-9,17H2,1-3H3. The minimum Gasteiger partial charge on any atom is -0.392 e. The van der Waals surface area contributed by atoms with E-state index in [-0.39, 0.29) is 18.2 Å². The Morgan fingerprint density at radius 2 is 2.24 bits per heavy atom. The van der Waals surface area contributed by atoms with Crippen molar-refractivity contribution < 1.29 is 5.11 Å². The summed E-state index contributed by atoms with van der Waals surface area (Å²) >= 11 is 7.71. The van der Waals surface area contributed by atoms with E-state index in [1.54, 1.807) is 11.3 Å². The van der Waals surface area contributed by atoms with Crippen molar-refractivity contribution in [2.75, 3.05) is 27.2 Å². The average molecular weight is 332 g/mol. The van der Waals surface area contributed by atoms with Crippen LogP contribution in [0.3, 0.4) is 0 Å². The molecule has 1 aliphatic rings. The van der Waals surface area contributed by atoms with E-state index in [4.69, 9.17) is 17.3 Å². The summed E-state index contributed by atoms with van der Waals surface area (Å²) in [5.41, 5.74) is 6.40. The van der Waals surface area contributed by atoms with Crippen LogP contribution < -0.4 is 5.73 Å². The lowest BCUT2D eigenvalue weighted by Crippen LogP contribution is -2.46. The Balaban J connectivity index is 2.26. The fourth-order valence-corrected chi connectivity index (χ4v) is 4.45. The maximum absolute atomic E-state index is 10.1. The second-order valence-corrected chi connectivity index (χ2v) is 7.91. The zero-order valence-electron chi connectivity index (χ0n) is 13.0. The first-order valence-corrected chi connectivity index (χ1v) is 8.71. The third-order valence-electron chi connectivity index (χ3n) is 4.13. The van der Waals surface area contributed by atoms with Gasteiger partial charge in [-0.15, -0.1) is 11.3 Å². The Labute approximate surface area is 136 Å². The fourth-order valence-electron chi connectivity index (χ4n) is 3.19.